The lowest BCUT2D eigenvalue weighted by atomic mass is 9.96. The third-order valence-corrected chi connectivity index (χ3v) is 16.1. The number of para-hydroxylation sites is 2. The van der Waals surface area contributed by atoms with Crippen molar-refractivity contribution in [1.29, 1.82) is 0 Å². The van der Waals surface area contributed by atoms with E-state index in [1.54, 1.807) is 0 Å². The standard InChI is InChI=1S/C44H31N.C38H27N/c1-2-13-40(14-3-1)45(42-29-25-35(26-30-42)39-22-19-32-9-4-5-11-38(32)31-39)41-27-23-34(24-28-41)33-17-20-37(21-18-33)44-16-8-12-36-10-6-7-15-43(36)44;1-2-13-34(14-3-1)39(35-23-19-29(20-24-35)33-18-17-28-9-4-5-11-32(28)27-33)36-25-21-31(22-26-36)38-16-8-12-30-10-6-7-15-37(30)38/h1-31H;1-27H. The minimum atomic E-state index is 1.12. The van der Waals surface area contributed by atoms with Crippen molar-refractivity contribution in [2.45, 2.75) is 0 Å². The van der Waals surface area contributed by atoms with Crippen LogP contribution in [0.2, 0.25) is 0 Å². The van der Waals surface area contributed by atoms with Crippen LogP contribution in [0.15, 0.2) is 352 Å². The molecule has 15 rings (SSSR count). The largest absolute Gasteiger partial charge is 0.311 e. The van der Waals surface area contributed by atoms with Gasteiger partial charge in [-0.05, 0) is 184 Å². The first-order chi connectivity index (χ1) is 41.6. The molecule has 84 heavy (non-hydrogen) atoms. The molecule has 396 valence electrons. The lowest BCUT2D eigenvalue weighted by Gasteiger charge is -2.26. The SMILES string of the molecule is c1ccc(N(c2ccc(-c3ccc(-c4cccc5ccccc45)cc3)cc2)c2ccc(-c3ccc4ccccc4c3)cc2)cc1.c1ccc(N(c2ccc(-c3ccc4ccccc4c3)cc2)c2ccc(-c3cccc4ccccc34)cc2)cc1. The van der Waals surface area contributed by atoms with Crippen LogP contribution >= 0.6 is 0 Å². The molecule has 0 spiro atoms. The summed E-state index contributed by atoms with van der Waals surface area (Å²) in [6, 6.07) is 126. The molecule has 15 aromatic rings. The topological polar surface area (TPSA) is 6.48 Å². The summed E-state index contributed by atoms with van der Waals surface area (Å²) in [6.45, 7) is 0. The molecule has 0 atom stereocenters. The summed E-state index contributed by atoms with van der Waals surface area (Å²) in [5.74, 6) is 0. The molecule has 0 saturated heterocycles. The summed E-state index contributed by atoms with van der Waals surface area (Å²) < 4.78 is 0. The number of rotatable bonds is 11. The van der Waals surface area contributed by atoms with Gasteiger partial charge >= 0.3 is 0 Å². The second-order valence-electron chi connectivity index (χ2n) is 21.3. The van der Waals surface area contributed by atoms with Crippen molar-refractivity contribution in [1.82, 2.24) is 0 Å². The lowest BCUT2D eigenvalue weighted by Crippen LogP contribution is -2.09. The van der Waals surface area contributed by atoms with Gasteiger partial charge in [0.1, 0.15) is 0 Å². The van der Waals surface area contributed by atoms with Gasteiger partial charge in [-0.1, -0.05) is 267 Å². The molecule has 0 saturated carbocycles. The average molecular weight is 1070 g/mol. The molecular formula is C82H58N2. The van der Waals surface area contributed by atoms with E-state index in [0.717, 1.165) is 34.1 Å². The summed E-state index contributed by atoms with van der Waals surface area (Å²) in [4.78, 5) is 4.63. The Labute approximate surface area is 491 Å². The Hall–Kier alpha value is -11.1. The van der Waals surface area contributed by atoms with Crippen LogP contribution in [0, 0.1) is 0 Å². The Balaban J connectivity index is 0.000000151. The summed E-state index contributed by atoms with van der Waals surface area (Å²) in [7, 11) is 0. The zero-order valence-electron chi connectivity index (χ0n) is 46.4. The third-order valence-electron chi connectivity index (χ3n) is 16.1. The number of anilines is 6. The molecule has 0 radical (unpaired) electrons. The molecule has 0 aliphatic heterocycles. The first kappa shape index (κ1) is 51.1. The van der Waals surface area contributed by atoms with E-state index in [2.05, 4.69) is 362 Å². The molecule has 2 nitrogen and oxygen atoms in total. The maximum atomic E-state index is 2.32. The highest BCUT2D eigenvalue weighted by Crippen LogP contribution is 2.40. The number of fused-ring (bicyclic) bond motifs is 4. The highest BCUT2D eigenvalue weighted by atomic mass is 15.1. The molecule has 0 heterocycles. The van der Waals surface area contributed by atoms with E-state index in [-0.39, 0.29) is 0 Å². The van der Waals surface area contributed by atoms with E-state index >= 15 is 0 Å². The summed E-state index contributed by atoms with van der Waals surface area (Å²) >= 11 is 0. The van der Waals surface area contributed by atoms with Crippen LogP contribution in [-0.2, 0) is 0 Å². The summed E-state index contributed by atoms with van der Waals surface area (Å²) in [5.41, 5.74) is 19.0. The third kappa shape index (κ3) is 10.6. The molecule has 0 N–H and O–H groups in total. The maximum absolute atomic E-state index is 2.32. The van der Waals surface area contributed by atoms with Crippen molar-refractivity contribution in [3.8, 4) is 55.6 Å². The number of nitrogens with zero attached hydrogens (tertiary/aromatic N) is 2. The van der Waals surface area contributed by atoms with Crippen molar-refractivity contribution in [3.05, 3.63) is 352 Å². The first-order valence-electron chi connectivity index (χ1n) is 28.8. The van der Waals surface area contributed by atoms with Crippen molar-refractivity contribution in [2.24, 2.45) is 0 Å². The van der Waals surface area contributed by atoms with E-state index < -0.39 is 0 Å². The van der Waals surface area contributed by atoms with Crippen LogP contribution in [0.4, 0.5) is 34.1 Å². The second kappa shape index (κ2) is 23.2. The fourth-order valence-electron chi connectivity index (χ4n) is 11.8. The van der Waals surface area contributed by atoms with Crippen LogP contribution < -0.4 is 9.80 Å². The predicted molar refractivity (Wildman–Crippen MR) is 359 cm³/mol. The van der Waals surface area contributed by atoms with Crippen molar-refractivity contribution >= 4 is 77.2 Å². The average Bonchev–Trinajstić information content (AvgIpc) is 3.58. The van der Waals surface area contributed by atoms with E-state index in [0.29, 0.717) is 0 Å². The zero-order chi connectivity index (χ0) is 56.0. The van der Waals surface area contributed by atoms with E-state index in [1.807, 2.05) is 0 Å². The number of hydrogen-bond acceptors (Lipinski definition) is 2. The van der Waals surface area contributed by atoms with E-state index in [9.17, 15) is 0 Å². The molecule has 0 fully saturated rings. The highest BCUT2D eigenvalue weighted by molar-refractivity contribution is 5.98. The van der Waals surface area contributed by atoms with Gasteiger partial charge in [-0.15, -0.1) is 0 Å². The predicted octanol–water partition coefficient (Wildman–Crippen LogP) is 23.3. The molecule has 0 aliphatic carbocycles. The Morgan fingerprint density at radius 2 is 0.393 bits per heavy atom. The molecule has 15 aromatic carbocycles. The summed E-state index contributed by atoms with van der Waals surface area (Å²) in [5, 5.41) is 10.1. The molecule has 0 aromatic heterocycles. The first-order valence-corrected chi connectivity index (χ1v) is 28.8. The molecular weight excluding hydrogens is 1010 g/mol. The van der Waals surface area contributed by atoms with Crippen LogP contribution in [0.5, 0.6) is 0 Å². The van der Waals surface area contributed by atoms with Gasteiger partial charge in [-0.2, -0.15) is 0 Å². The zero-order valence-corrected chi connectivity index (χ0v) is 46.4. The van der Waals surface area contributed by atoms with Gasteiger partial charge in [0.15, 0.2) is 0 Å². The Morgan fingerprint density at radius 1 is 0.143 bits per heavy atom. The molecule has 0 unspecified atom stereocenters. The fourth-order valence-corrected chi connectivity index (χ4v) is 11.8. The van der Waals surface area contributed by atoms with Gasteiger partial charge in [0, 0.05) is 34.1 Å². The lowest BCUT2D eigenvalue weighted by molar-refractivity contribution is 1.28. The van der Waals surface area contributed by atoms with Crippen LogP contribution in [0.3, 0.4) is 0 Å². The van der Waals surface area contributed by atoms with Gasteiger partial charge in [0.05, 0.1) is 0 Å². The van der Waals surface area contributed by atoms with Gasteiger partial charge in [0.25, 0.3) is 0 Å². The quantitative estimate of drug-likeness (QED) is 0.127. The normalized spacial score (nSPS) is 11.1. The van der Waals surface area contributed by atoms with Gasteiger partial charge in [0.2, 0.25) is 0 Å². The summed E-state index contributed by atoms with van der Waals surface area (Å²) in [6.07, 6.45) is 0. The van der Waals surface area contributed by atoms with Crippen molar-refractivity contribution < 1.29 is 0 Å². The molecule has 2 heteroatoms. The molecule has 0 bridgehead atoms. The van der Waals surface area contributed by atoms with Crippen LogP contribution in [-0.4, -0.2) is 0 Å². The Morgan fingerprint density at radius 3 is 0.774 bits per heavy atom. The molecule has 0 amide bonds. The number of benzene rings is 15. The molecule has 0 aliphatic rings. The highest BCUT2D eigenvalue weighted by Gasteiger charge is 2.16. The van der Waals surface area contributed by atoms with Gasteiger partial charge in [-0.3, -0.25) is 0 Å². The minimum absolute atomic E-state index is 1.12. The van der Waals surface area contributed by atoms with Crippen LogP contribution in [0.1, 0.15) is 0 Å². The Bertz CT molecular complexity index is 4720. The second-order valence-corrected chi connectivity index (χ2v) is 21.3. The van der Waals surface area contributed by atoms with Gasteiger partial charge < -0.3 is 9.80 Å². The van der Waals surface area contributed by atoms with Crippen molar-refractivity contribution in [3.63, 3.8) is 0 Å². The maximum Gasteiger partial charge on any atom is 0.0462 e. The van der Waals surface area contributed by atoms with E-state index in [4.69, 9.17) is 0 Å². The fraction of sp³-hybridized carbons (Fsp3) is 0. The number of hydrogen-bond donors (Lipinski definition) is 0. The van der Waals surface area contributed by atoms with Crippen LogP contribution in [0.25, 0.3) is 98.7 Å². The minimum Gasteiger partial charge on any atom is -0.311 e. The smallest absolute Gasteiger partial charge is 0.0462 e. The Kier molecular flexibility index (Phi) is 14.1. The monoisotopic (exact) mass is 1070 g/mol. The van der Waals surface area contributed by atoms with Crippen molar-refractivity contribution in [2.75, 3.05) is 9.80 Å². The van der Waals surface area contributed by atoms with E-state index in [1.165, 1.54) is 98.7 Å². The van der Waals surface area contributed by atoms with Gasteiger partial charge in [-0.25, -0.2) is 0 Å².